The smallest absolute Gasteiger partial charge is 0.236 e. The van der Waals surface area contributed by atoms with Crippen LogP contribution in [-0.4, -0.2) is 84.2 Å². The number of hydrogen-bond donors (Lipinski definition) is 1. The Kier molecular flexibility index (Phi) is 6.62. The Morgan fingerprint density at radius 3 is 2.46 bits per heavy atom. The molecule has 0 spiro atoms. The summed E-state index contributed by atoms with van der Waals surface area (Å²) in [7, 11) is 0. The molecule has 136 valence electrons. The van der Waals surface area contributed by atoms with E-state index in [0.717, 1.165) is 39.0 Å². The van der Waals surface area contributed by atoms with Crippen LogP contribution in [0.25, 0.3) is 0 Å². The molecule has 0 aromatic heterocycles. The van der Waals surface area contributed by atoms with Crippen molar-refractivity contribution >= 4 is 5.91 Å². The Morgan fingerprint density at radius 2 is 1.92 bits per heavy atom. The van der Waals surface area contributed by atoms with Gasteiger partial charge in [0.25, 0.3) is 0 Å². The number of aliphatic hydroxyl groups is 1. The Bertz CT molecular complexity index is 468. The fourth-order valence-corrected chi connectivity index (χ4v) is 3.88. The number of piperazine rings is 1. The first kappa shape index (κ1) is 19.2. The lowest BCUT2D eigenvalue weighted by Gasteiger charge is -2.41. The standard InChI is InChI=1S/C18H32N4O2/c1-15(2)16(11-19)21-7-9-22(10-8-21)17(24)12-20-6-4-5-18(3,13-20)14-23/h15-16,23H,4-10,12-14H2,1-3H3. The predicted molar refractivity (Wildman–Crippen MR) is 93.3 cm³/mol. The van der Waals surface area contributed by atoms with Crippen molar-refractivity contribution in [1.82, 2.24) is 14.7 Å². The van der Waals surface area contributed by atoms with Gasteiger partial charge >= 0.3 is 0 Å². The minimum absolute atomic E-state index is 0.0605. The Hall–Kier alpha value is -1.16. The molecule has 0 bridgehead atoms. The molecule has 24 heavy (non-hydrogen) atoms. The third-order valence-electron chi connectivity index (χ3n) is 5.42. The van der Waals surface area contributed by atoms with Gasteiger partial charge in [-0.2, -0.15) is 5.26 Å². The van der Waals surface area contributed by atoms with E-state index in [-0.39, 0.29) is 24.0 Å². The average molecular weight is 336 g/mol. The molecule has 2 fully saturated rings. The highest BCUT2D eigenvalue weighted by molar-refractivity contribution is 5.78. The number of carbonyl (C=O) groups excluding carboxylic acids is 1. The molecule has 0 saturated carbocycles. The summed E-state index contributed by atoms with van der Waals surface area (Å²) < 4.78 is 0. The Labute approximate surface area is 146 Å². The number of nitrogens with zero attached hydrogens (tertiary/aromatic N) is 4. The molecule has 0 aliphatic carbocycles. The van der Waals surface area contributed by atoms with Gasteiger partial charge < -0.3 is 10.0 Å². The zero-order valence-corrected chi connectivity index (χ0v) is 15.4. The number of amides is 1. The zero-order chi connectivity index (χ0) is 17.7. The van der Waals surface area contributed by atoms with Crippen molar-refractivity contribution in [3.05, 3.63) is 0 Å². The first-order chi connectivity index (χ1) is 11.4. The molecule has 2 heterocycles. The molecule has 0 aromatic carbocycles. The predicted octanol–water partition coefficient (Wildman–Crippen LogP) is 0.773. The van der Waals surface area contributed by atoms with Crippen molar-refractivity contribution in [3.8, 4) is 6.07 Å². The Morgan fingerprint density at radius 1 is 1.25 bits per heavy atom. The van der Waals surface area contributed by atoms with E-state index in [0.29, 0.717) is 25.6 Å². The largest absolute Gasteiger partial charge is 0.396 e. The van der Waals surface area contributed by atoms with Crippen LogP contribution >= 0.6 is 0 Å². The maximum atomic E-state index is 12.6. The van der Waals surface area contributed by atoms with Gasteiger partial charge in [-0.15, -0.1) is 0 Å². The minimum Gasteiger partial charge on any atom is -0.396 e. The lowest BCUT2D eigenvalue weighted by Crippen LogP contribution is -2.55. The van der Waals surface area contributed by atoms with Crippen molar-refractivity contribution in [1.29, 1.82) is 5.26 Å². The van der Waals surface area contributed by atoms with Crippen molar-refractivity contribution < 1.29 is 9.90 Å². The summed E-state index contributed by atoms with van der Waals surface area (Å²) in [5.41, 5.74) is -0.0749. The molecule has 0 aromatic rings. The van der Waals surface area contributed by atoms with Crippen LogP contribution in [-0.2, 0) is 4.79 Å². The van der Waals surface area contributed by atoms with Gasteiger partial charge in [-0.1, -0.05) is 20.8 Å². The molecule has 1 amide bonds. The molecule has 1 N–H and O–H groups in total. The highest BCUT2D eigenvalue weighted by Gasteiger charge is 2.33. The molecular formula is C18H32N4O2. The third kappa shape index (κ3) is 4.69. The van der Waals surface area contributed by atoms with Gasteiger partial charge in [0.2, 0.25) is 5.91 Å². The molecule has 6 heteroatoms. The number of piperidine rings is 1. The van der Waals surface area contributed by atoms with Crippen LogP contribution in [0.3, 0.4) is 0 Å². The fourth-order valence-electron chi connectivity index (χ4n) is 3.88. The molecule has 2 unspecified atom stereocenters. The summed E-state index contributed by atoms with van der Waals surface area (Å²) in [6.07, 6.45) is 2.06. The highest BCUT2D eigenvalue weighted by atomic mass is 16.3. The summed E-state index contributed by atoms with van der Waals surface area (Å²) >= 11 is 0. The summed E-state index contributed by atoms with van der Waals surface area (Å²) in [5.74, 6) is 0.483. The van der Waals surface area contributed by atoms with Gasteiger partial charge in [-0.3, -0.25) is 14.6 Å². The SMILES string of the molecule is CC(C)C(C#N)N1CCN(C(=O)CN2CCCC(C)(CO)C2)CC1. The van der Waals surface area contributed by atoms with Gasteiger partial charge in [-0.05, 0) is 25.3 Å². The van der Waals surface area contributed by atoms with Crippen molar-refractivity contribution in [2.75, 3.05) is 52.4 Å². The first-order valence-corrected chi connectivity index (χ1v) is 9.13. The lowest BCUT2D eigenvalue weighted by atomic mass is 9.83. The van der Waals surface area contributed by atoms with E-state index in [2.05, 4.69) is 36.6 Å². The summed E-state index contributed by atoms with van der Waals surface area (Å²) in [4.78, 5) is 18.9. The second-order valence-electron chi connectivity index (χ2n) is 8.02. The number of rotatable bonds is 5. The van der Waals surface area contributed by atoms with Crippen LogP contribution < -0.4 is 0 Å². The maximum Gasteiger partial charge on any atom is 0.236 e. The maximum absolute atomic E-state index is 12.6. The topological polar surface area (TPSA) is 70.8 Å². The van der Waals surface area contributed by atoms with Crippen molar-refractivity contribution in [2.24, 2.45) is 11.3 Å². The summed E-state index contributed by atoms with van der Waals surface area (Å²) in [6.45, 7) is 11.5. The lowest BCUT2D eigenvalue weighted by molar-refractivity contribution is -0.135. The summed E-state index contributed by atoms with van der Waals surface area (Å²) in [5, 5.41) is 18.9. The number of nitriles is 1. The monoisotopic (exact) mass is 336 g/mol. The molecule has 2 aliphatic rings. The van der Waals surface area contributed by atoms with E-state index >= 15 is 0 Å². The Balaban J connectivity index is 1.82. The van der Waals surface area contributed by atoms with Crippen molar-refractivity contribution in [3.63, 3.8) is 0 Å². The van der Waals surface area contributed by atoms with Gasteiger partial charge in [0.1, 0.15) is 6.04 Å². The number of hydrogen-bond acceptors (Lipinski definition) is 5. The average Bonchev–Trinajstić information content (AvgIpc) is 2.56. The fraction of sp³-hybridized carbons (Fsp3) is 0.889. The van der Waals surface area contributed by atoms with E-state index in [9.17, 15) is 15.2 Å². The number of carbonyl (C=O) groups is 1. The van der Waals surface area contributed by atoms with Crippen LogP contribution in [0.4, 0.5) is 0 Å². The summed E-state index contributed by atoms with van der Waals surface area (Å²) in [6, 6.07) is 2.33. The molecule has 2 atom stereocenters. The van der Waals surface area contributed by atoms with Gasteiger partial charge in [0.05, 0.1) is 12.6 Å². The molecule has 0 radical (unpaired) electrons. The van der Waals surface area contributed by atoms with Gasteiger partial charge in [0, 0.05) is 44.7 Å². The van der Waals surface area contributed by atoms with Gasteiger partial charge in [-0.25, -0.2) is 0 Å². The number of aliphatic hydroxyl groups excluding tert-OH is 1. The van der Waals surface area contributed by atoms with Crippen LogP contribution in [0.2, 0.25) is 0 Å². The quantitative estimate of drug-likeness (QED) is 0.803. The number of likely N-dealkylation sites (tertiary alicyclic amines) is 1. The molecule has 2 saturated heterocycles. The van der Waals surface area contributed by atoms with E-state index in [1.54, 1.807) is 0 Å². The molecule has 2 aliphatic heterocycles. The van der Waals surface area contributed by atoms with Crippen LogP contribution in [0, 0.1) is 22.7 Å². The second kappa shape index (κ2) is 8.28. The van der Waals surface area contributed by atoms with Crippen LogP contribution in [0.15, 0.2) is 0 Å². The van der Waals surface area contributed by atoms with Gasteiger partial charge in [0.15, 0.2) is 0 Å². The normalized spacial score (nSPS) is 27.9. The van der Waals surface area contributed by atoms with Crippen LogP contribution in [0.1, 0.15) is 33.6 Å². The van der Waals surface area contributed by atoms with E-state index < -0.39 is 0 Å². The molecule has 2 rings (SSSR count). The highest BCUT2D eigenvalue weighted by Crippen LogP contribution is 2.28. The van der Waals surface area contributed by atoms with E-state index in [1.165, 1.54) is 0 Å². The second-order valence-corrected chi connectivity index (χ2v) is 8.02. The van der Waals surface area contributed by atoms with E-state index in [4.69, 9.17) is 0 Å². The molecule has 6 nitrogen and oxygen atoms in total. The molecular weight excluding hydrogens is 304 g/mol. The van der Waals surface area contributed by atoms with Crippen LogP contribution in [0.5, 0.6) is 0 Å². The van der Waals surface area contributed by atoms with Crippen molar-refractivity contribution in [2.45, 2.75) is 39.7 Å². The minimum atomic E-state index is -0.0749. The third-order valence-corrected chi connectivity index (χ3v) is 5.42. The van der Waals surface area contributed by atoms with E-state index in [1.807, 2.05) is 4.90 Å². The zero-order valence-electron chi connectivity index (χ0n) is 15.4. The first-order valence-electron chi connectivity index (χ1n) is 9.13.